The van der Waals surface area contributed by atoms with Gasteiger partial charge in [0.15, 0.2) is 0 Å². The lowest BCUT2D eigenvalue weighted by atomic mass is 9.93. The average molecular weight is 254 g/mol. The molecular formula is C14H26N2O2. The minimum atomic E-state index is -0.770. The van der Waals surface area contributed by atoms with E-state index in [1.807, 2.05) is 0 Å². The van der Waals surface area contributed by atoms with Crippen LogP contribution in [0, 0.1) is 5.92 Å². The zero-order chi connectivity index (χ0) is 13.0. The van der Waals surface area contributed by atoms with Gasteiger partial charge in [-0.3, -0.25) is 4.79 Å². The molecule has 0 aromatic carbocycles. The summed E-state index contributed by atoms with van der Waals surface area (Å²) >= 11 is 0. The van der Waals surface area contributed by atoms with Crippen molar-refractivity contribution in [1.29, 1.82) is 0 Å². The molecule has 1 atom stereocenters. The highest BCUT2D eigenvalue weighted by molar-refractivity contribution is 5.81. The van der Waals surface area contributed by atoms with Gasteiger partial charge in [-0.05, 0) is 44.7 Å². The van der Waals surface area contributed by atoms with Gasteiger partial charge in [-0.15, -0.1) is 0 Å². The van der Waals surface area contributed by atoms with Crippen LogP contribution in [0.5, 0.6) is 0 Å². The zero-order valence-electron chi connectivity index (χ0n) is 11.5. The van der Waals surface area contributed by atoms with Crippen LogP contribution in [0.4, 0.5) is 0 Å². The second kappa shape index (κ2) is 6.02. The number of nitrogens with zero attached hydrogens (tertiary/aromatic N) is 1. The molecule has 1 aliphatic carbocycles. The monoisotopic (exact) mass is 254 g/mol. The predicted molar refractivity (Wildman–Crippen MR) is 71.2 cm³/mol. The first-order valence-electron chi connectivity index (χ1n) is 7.26. The molecule has 2 fully saturated rings. The molecule has 2 N–H and O–H groups in total. The van der Waals surface area contributed by atoms with Crippen molar-refractivity contribution < 1.29 is 9.53 Å². The smallest absolute Gasteiger partial charge is 0.327 e. The Hall–Kier alpha value is -0.610. The summed E-state index contributed by atoms with van der Waals surface area (Å²) in [5, 5.41) is 0. The predicted octanol–water partition coefficient (Wildman–Crippen LogP) is 1.53. The summed E-state index contributed by atoms with van der Waals surface area (Å²) in [5.41, 5.74) is 5.59. The largest absolute Gasteiger partial charge is 0.468 e. The second-order valence-electron chi connectivity index (χ2n) is 5.85. The van der Waals surface area contributed by atoms with Crippen LogP contribution in [0.3, 0.4) is 0 Å². The standard InChI is InChI=1S/C14H26N2O2/c1-18-13(17)14(15,12-7-8-12)11-16-9-5-3-2-4-6-10-16/h12H,2-11,15H2,1H3. The first-order valence-corrected chi connectivity index (χ1v) is 7.26. The molecule has 2 aliphatic rings. The molecule has 0 radical (unpaired) electrons. The minimum Gasteiger partial charge on any atom is -0.468 e. The number of carbonyl (C=O) groups excluding carboxylic acids is 1. The number of rotatable bonds is 4. The van der Waals surface area contributed by atoms with Crippen molar-refractivity contribution in [3.8, 4) is 0 Å². The van der Waals surface area contributed by atoms with Gasteiger partial charge >= 0.3 is 5.97 Å². The Morgan fingerprint density at radius 1 is 1.22 bits per heavy atom. The normalized spacial score (nSPS) is 25.9. The molecule has 0 amide bonds. The third-order valence-electron chi connectivity index (χ3n) is 4.31. The number of hydrogen-bond donors (Lipinski definition) is 1. The number of hydrogen-bond acceptors (Lipinski definition) is 4. The van der Waals surface area contributed by atoms with Gasteiger partial charge in [0, 0.05) is 6.54 Å². The maximum Gasteiger partial charge on any atom is 0.327 e. The Balaban J connectivity index is 1.96. The highest BCUT2D eigenvalue weighted by Gasteiger charge is 2.49. The first kappa shape index (κ1) is 13.8. The molecule has 2 rings (SSSR count). The maximum absolute atomic E-state index is 12.0. The van der Waals surface area contributed by atoms with Crippen molar-refractivity contribution in [2.45, 2.75) is 50.5 Å². The second-order valence-corrected chi connectivity index (χ2v) is 5.85. The van der Waals surface area contributed by atoms with Crippen LogP contribution in [0.15, 0.2) is 0 Å². The van der Waals surface area contributed by atoms with Crippen molar-refractivity contribution in [3.05, 3.63) is 0 Å². The van der Waals surface area contributed by atoms with E-state index in [1.54, 1.807) is 0 Å². The van der Waals surface area contributed by atoms with E-state index in [1.165, 1.54) is 39.2 Å². The van der Waals surface area contributed by atoms with Crippen molar-refractivity contribution in [1.82, 2.24) is 4.90 Å². The van der Waals surface area contributed by atoms with Gasteiger partial charge in [0.05, 0.1) is 7.11 Å². The Labute approximate surface area is 110 Å². The van der Waals surface area contributed by atoms with Crippen LogP contribution < -0.4 is 5.73 Å². The van der Waals surface area contributed by atoms with Crippen molar-refractivity contribution in [2.24, 2.45) is 11.7 Å². The Morgan fingerprint density at radius 3 is 2.28 bits per heavy atom. The van der Waals surface area contributed by atoms with Crippen LogP contribution in [-0.4, -0.2) is 43.2 Å². The van der Waals surface area contributed by atoms with Crippen molar-refractivity contribution >= 4 is 5.97 Å². The molecule has 4 nitrogen and oxygen atoms in total. The topological polar surface area (TPSA) is 55.6 Å². The van der Waals surface area contributed by atoms with E-state index < -0.39 is 5.54 Å². The summed E-state index contributed by atoms with van der Waals surface area (Å²) in [7, 11) is 1.44. The van der Waals surface area contributed by atoms with Gasteiger partial charge in [-0.2, -0.15) is 0 Å². The fourth-order valence-electron chi connectivity index (χ4n) is 2.99. The molecule has 0 aromatic heterocycles. The lowest BCUT2D eigenvalue weighted by molar-refractivity contribution is -0.149. The summed E-state index contributed by atoms with van der Waals surface area (Å²) in [5.74, 6) is 0.0995. The number of methoxy groups -OCH3 is 1. The molecule has 1 saturated heterocycles. The van der Waals surface area contributed by atoms with Crippen LogP contribution in [0.25, 0.3) is 0 Å². The molecule has 0 aromatic rings. The Morgan fingerprint density at radius 2 is 1.78 bits per heavy atom. The molecule has 1 saturated carbocycles. The maximum atomic E-state index is 12.0. The molecule has 18 heavy (non-hydrogen) atoms. The van der Waals surface area contributed by atoms with Gasteiger partial charge in [0.25, 0.3) is 0 Å². The van der Waals surface area contributed by atoms with Gasteiger partial charge in [-0.25, -0.2) is 0 Å². The van der Waals surface area contributed by atoms with E-state index in [0.29, 0.717) is 12.5 Å². The highest BCUT2D eigenvalue weighted by Crippen LogP contribution is 2.39. The lowest BCUT2D eigenvalue weighted by Gasteiger charge is -2.34. The number of carbonyl (C=O) groups is 1. The van der Waals surface area contributed by atoms with Crippen molar-refractivity contribution in [2.75, 3.05) is 26.7 Å². The lowest BCUT2D eigenvalue weighted by Crippen LogP contribution is -2.58. The molecule has 1 unspecified atom stereocenters. The van der Waals surface area contributed by atoms with Crippen LogP contribution in [0.2, 0.25) is 0 Å². The Bertz CT molecular complexity index is 284. The summed E-state index contributed by atoms with van der Waals surface area (Å²) < 4.78 is 4.92. The average Bonchev–Trinajstić information content (AvgIpc) is 3.15. The van der Waals surface area contributed by atoms with Crippen LogP contribution >= 0.6 is 0 Å². The number of likely N-dealkylation sites (tertiary alicyclic amines) is 1. The van der Waals surface area contributed by atoms with E-state index in [-0.39, 0.29) is 5.97 Å². The summed E-state index contributed by atoms with van der Waals surface area (Å²) in [4.78, 5) is 14.3. The number of nitrogens with two attached hydrogens (primary N) is 1. The molecule has 104 valence electrons. The van der Waals surface area contributed by atoms with Crippen LogP contribution in [0.1, 0.15) is 44.9 Å². The molecular weight excluding hydrogens is 228 g/mol. The number of esters is 1. The third-order valence-corrected chi connectivity index (χ3v) is 4.31. The van der Waals surface area contributed by atoms with E-state index in [0.717, 1.165) is 25.9 Å². The molecule has 0 spiro atoms. The highest BCUT2D eigenvalue weighted by atomic mass is 16.5. The zero-order valence-corrected chi connectivity index (χ0v) is 11.5. The quantitative estimate of drug-likeness (QED) is 0.773. The number of ether oxygens (including phenoxy) is 1. The van der Waals surface area contributed by atoms with E-state index in [4.69, 9.17) is 10.5 Å². The van der Waals surface area contributed by atoms with E-state index in [9.17, 15) is 4.79 Å². The SMILES string of the molecule is COC(=O)C(N)(CN1CCCCCCC1)C1CC1. The third kappa shape index (κ3) is 3.23. The molecule has 1 aliphatic heterocycles. The minimum absolute atomic E-state index is 0.230. The molecule has 1 heterocycles. The van der Waals surface area contributed by atoms with Gasteiger partial charge in [0.2, 0.25) is 0 Å². The molecule has 0 bridgehead atoms. The first-order chi connectivity index (χ1) is 8.66. The van der Waals surface area contributed by atoms with Gasteiger partial charge in [0.1, 0.15) is 5.54 Å². The van der Waals surface area contributed by atoms with Crippen molar-refractivity contribution in [3.63, 3.8) is 0 Å². The Kier molecular flexibility index (Phi) is 4.62. The summed E-state index contributed by atoms with van der Waals surface area (Å²) in [6.07, 6.45) is 8.54. The summed E-state index contributed by atoms with van der Waals surface area (Å²) in [6, 6.07) is 0. The van der Waals surface area contributed by atoms with E-state index in [2.05, 4.69) is 4.90 Å². The van der Waals surface area contributed by atoms with Gasteiger partial charge in [-0.1, -0.05) is 19.3 Å². The molecule has 4 heteroatoms. The van der Waals surface area contributed by atoms with Gasteiger partial charge < -0.3 is 15.4 Å². The van der Waals surface area contributed by atoms with E-state index >= 15 is 0 Å². The fraction of sp³-hybridized carbons (Fsp3) is 0.929. The van der Waals surface area contributed by atoms with Crippen LogP contribution in [-0.2, 0) is 9.53 Å². The fourth-order valence-corrected chi connectivity index (χ4v) is 2.99. The summed E-state index contributed by atoms with van der Waals surface area (Å²) in [6.45, 7) is 2.82.